The standard InChI is InChI=1S/C23H33N3O2/c27-22(16-25-11-5-2-6-12-25)24-13-19-20-15-26(14-18-7-3-1-4-8-18)17-23(20)10-9-21(19)28-23/h1,3-4,7-8,19-21H,2,5-6,9-17H2,(H,24,27)/t19-,20+,21+,23+/m0/s1. The van der Waals surface area contributed by atoms with E-state index in [2.05, 4.69) is 45.4 Å². The van der Waals surface area contributed by atoms with E-state index in [9.17, 15) is 4.79 Å². The molecule has 0 radical (unpaired) electrons. The number of fused-ring (bicyclic) bond motifs is 1. The first kappa shape index (κ1) is 18.6. The second kappa shape index (κ2) is 7.77. The number of amides is 1. The van der Waals surface area contributed by atoms with Crippen LogP contribution in [0.1, 0.15) is 37.7 Å². The Morgan fingerprint density at radius 2 is 1.96 bits per heavy atom. The average Bonchev–Trinajstić information content (AvgIpc) is 3.36. The van der Waals surface area contributed by atoms with Crippen LogP contribution < -0.4 is 5.32 Å². The number of benzene rings is 1. The molecule has 0 aliphatic carbocycles. The highest BCUT2D eigenvalue weighted by Crippen LogP contribution is 2.54. The molecule has 152 valence electrons. The summed E-state index contributed by atoms with van der Waals surface area (Å²) in [5.74, 6) is 1.22. The van der Waals surface area contributed by atoms with Gasteiger partial charge in [-0.15, -0.1) is 0 Å². The van der Waals surface area contributed by atoms with Gasteiger partial charge in [0.1, 0.15) is 0 Å². The van der Waals surface area contributed by atoms with Crippen molar-refractivity contribution in [2.24, 2.45) is 11.8 Å². The molecule has 5 rings (SSSR count). The topological polar surface area (TPSA) is 44.8 Å². The molecule has 1 aromatic carbocycles. The minimum Gasteiger partial charge on any atom is -0.370 e. The van der Waals surface area contributed by atoms with Crippen molar-refractivity contribution in [3.05, 3.63) is 35.9 Å². The van der Waals surface area contributed by atoms with Crippen LogP contribution in [-0.4, -0.2) is 66.7 Å². The van der Waals surface area contributed by atoms with E-state index in [4.69, 9.17) is 4.74 Å². The van der Waals surface area contributed by atoms with Crippen molar-refractivity contribution < 1.29 is 9.53 Å². The van der Waals surface area contributed by atoms with Crippen LogP contribution in [0.2, 0.25) is 0 Å². The Bertz CT molecular complexity index is 690. The summed E-state index contributed by atoms with van der Waals surface area (Å²) in [5, 5.41) is 3.25. The lowest BCUT2D eigenvalue weighted by Gasteiger charge is -2.30. The molecule has 0 unspecified atom stereocenters. The number of hydrogen-bond donors (Lipinski definition) is 1. The summed E-state index contributed by atoms with van der Waals surface area (Å²) in [4.78, 5) is 17.3. The Hall–Kier alpha value is -1.43. The fourth-order valence-corrected chi connectivity index (χ4v) is 6.13. The van der Waals surface area contributed by atoms with E-state index in [1.807, 2.05) is 0 Å². The second-order valence-corrected chi connectivity index (χ2v) is 9.33. The molecule has 5 nitrogen and oxygen atoms in total. The zero-order chi connectivity index (χ0) is 19.0. The summed E-state index contributed by atoms with van der Waals surface area (Å²) in [6, 6.07) is 10.7. The van der Waals surface area contributed by atoms with Crippen molar-refractivity contribution >= 4 is 5.91 Å². The van der Waals surface area contributed by atoms with Crippen molar-refractivity contribution in [2.75, 3.05) is 39.3 Å². The van der Waals surface area contributed by atoms with Crippen LogP contribution >= 0.6 is 0 Å². The number of ether oxygens (including phenoxy) is 1. The zero-order valence-electron chi connectivity index (χ0n) is 16.8. The van der Waals surface area contributed by atoms with Gasteiger partial charge < -0.3 is 10.1 Å². The SMILES string of the molecule is O=C(CN1CCCCC1)NC[C@H]1[C@H]2CN(Cc3ccccc3)C[C@]23CC[C@H]1O3. The number of nitrogens with zero attached hydrogens (tertiary/aromatic N) is 2. The largest absolute Gasteiger partial charge is 0.370 e. The Kier molecular flexibility index (Phi) is 5.16. The van der Waals surface area contributed by atoms with Gasteiger partial charge in [-0.1, -0.05) is 36.8 Å². The molecule has 1 N–H and O–H groups in total. The number of carbonyl (C=O) groups is 1. The van der Waals surface area contributed by atoms with Gasteiger partial charge in [0.2, 0.25) is 5.91 Å². The van der Waals surface area contributed by atoms with Gasteiger partial charge in [0, 0.05) is 38.0 Å². The van der Waals surface area contributed by atoms with Gasteiger partial charge in [-0.05, 0) is 44.3 Å². The van der Waals surface area contributed by atoms with Crippen molar-refractivity contribution in [1.29, 1.82) is 0 Å². The lowest BCUT2D eigenvalue weighted by molar-refractivity contribution is -0.122. The number of nitrogens with one attached hydrogen (secondary N) is 1. The normalized spacial score (nSPS) is 35.2. The Balaban J connectivity index is 1.17. The molecule has 28 heavy (non-hydrogen) atoms. The second-order valence-electron chi connectivity index (χ2n) is 9.33. The van der Waals surface area contributed by atoms with Crippen molar-refractivity contribution in [3.63, 3.8) is 0 Å². The van der Waals surface area contributed by atoms with Crippen molar-refractivity contribution in [3.8, 4) is 0 Å². The number of carbonyl (C=O) groups excluding carboxylic acids is 1. The van der Waals surface area contributed by atoms with E-state index >= 15 is 0 Å². The van der Waals surface area contributed by atoms with Crippen molar-refractivity contribution in [2.45, 2.75) is 50.4 Å². The first-order chi connectivity index (χ1) is 13.7. The molecule has 1 spiro atoms. The lowest BCUT2D eigenvalue weighted by Crippen LogP contribution is -2.45. The maximum atomic E-state index is 12.5. The van der Waals surface area contributed by atoms with E-state index < -0.39 is 0 Å². The molecule has 1 aromatic rings. The Morgan fingerprint density at radius 3 is 2.79 bits per heavy atom. The predicted octanol–water partition coefficient (Wildman–Crippen LogP) is 2.27. The van der Waals surface area contributed by atoms with E-state index in [1.54, 1.807) is 0 Å². The summed E-state index contributed by atoms with van der Waals surface area (Å²) < 4.78 is 6.54. The quantitative estimate of drug-likeness (QED) is 0.819. The van der Waals surface area contributed by atoms with Gasteiger partial charge in [-0.3, -0.25) is 14.6 Å². The van der Waals surface area contributed by atoms with Gasteiger partial charge in [-0.2, -0.15) is 0 Å². The third-order valence-electron chi connectivity index (χ3n) is 7.45. The predicted molar refractivity (Wildman–Crippen MR) is 109 cm³/mol. The lowest BCUT2D eigenvalue weighted by atomic mass is 9.73. The number of piperidine rings is 1. The van der Waals surface area contributed by atoms with Crippen LogP contribution in [-0.2, 0) is 16.1 Å². The number of hydrogen-bond acceptors (Lipinski definition) is 4. The average molecular weight is 384 g/mol. The molecule has 4 saturated heterocycles. The highest BCUT2D eigenvalue weighted by atomic mass is 16.5. The Morgan fingerprint density at radius 1 is 1.14 bits per heavy atom. The first-order valence-electron chi connectivity index (χ1n) is 11.1. The first-order valence-corrected chi connectivity index (χ1v) is 11.1. The van der Waals surface area contributed by atoms with Crippen LogP contribution in [0, 0.1) is 11.8 Å². The molecule has 4 heterocycles. The summed E-state index contributed by atoms with van der Waals surface area (Å²) in [7, 11) is 0. The molecule has 4 fully saturated rings. The van der Waals surface area contributed by atoms with Crippen LogP contribution in [0.15, 0.2) is 30.3 Å². The molecule has 4 aliphatic heterocycles. The monoisotopic (exact) mass is 383 g/mol. The molecular weight excluding hydrogens is 350 g/mol. The van der Waals surface area contributed by atoms with Gasteiger partial charge in [-0.25, -0.2) is 0 Å². The summed E-state index contributed by atoms with van der Waals surface area (Å²) in [5.41, 5.74) is 1.42. The maximum Gasteiger partial charge on any atom is 0.234 e. The van der Waals surface area contributed by atoms with Crippen LogP contribution in [0.5, 0.6) is 0 Å². The van der Waals surface area contributed by atoms with Crippen LogP contribution in [0.4, 0.5) is 0 Å². The summed E-state index contributed by atoms with van der Waals surface area (Å²) >= 11 is 0. The highest BCUT2D eigenvalue weighted by molar-refractivity contribution is 5.78. The van der Waals surface area contributed by atoms with E-state index in [-0.39, 0.29) is 11.5 Å². The maximum absolute atomic E-state index is 12.5. The van der Waals surface area contributed by atoms with Gasteiger partial charge in [0.05, 0.1) is 18.2 Å². The third kappa shape index (κ3) is 3.60. The van der Waals surface area contributed by atoms with E-state index in [0.29, 0.717) is 24.5 Å². The summed E-state index contributed by atoms with van der Waals surface area (Å²) in [6.45, 7) is 6.63. The molecule has 5 heteroatoms. The third-order valence-corrected chi connectivity index (χ3v) is 7.45. The van der Waals surface area contributed by atoms with Crippen molar-refractivity contribution in [1.82, 2.24) is 15.1 Å². The van der Waals surface area contributed by atoms with E-state index in [1.165, 1.54) is 31.2 Å². The minimum atomic E-state index is 0.0434. The van der Waals surface area contributed by atoms with Gasteiger partial charge >= 0.3 is 0 Å². The van der Waals surface area contributed by atoms with Crippen LogP contribution in [0.3, 0.4) is 0 Å². The fourth-order valence-electron chi connectivity index (χ4n) is 6.13. The summed E-state index contributed by atoms with van der Waals surface area (Å²) in [6.07, 6.45) is 6.46. The molecule has 4 atom stereocenters. The Labute approximate surface area is 168 Å². The zero-order valence-corrected chi connectivity index (χ0v) is 16.8. The van der Waals surface area contributed by atoms with E-state index in [0.717, 1.165) is 45.7 Å². The fraction of sp³-hybridized carbons (Fsp3) is 0.696. The molecule has 2 bridgehead atoms. The number of likely N-dealkylation sites (tertiary alicyclic amines) is 2. The minimum absolute atomic E-state index is 0.0434. The molecule has 1 amide bonds. The van der Waals surface area contributed by atoms with Crippen LogP contribution in [0.25, 0.3) is 0 Å². The molecular formula is C23H33N3O2. The molecule has 4 aliphatic rings. The smallest absolute Gasteiger partial charge is 0.234 e. The number of rotatable bonds is 6. The molecule has 0 saturated carbocycles. The van der Waals surface area contributed by atoms with Gasteiger partial charge in [0.25, 0.3) is 0 Å². The highest BCUT2D eigenvalue weighted by Gasteiger charge is 2.62. The molecule has 0 aromatic heterocycles. The van der Waals surface area contributed by atoms with Gasteiger partial charge in [0.15, 0.2) is 0 Å².